The van der Waals surface area contributed by atoms with E-state index in [1.807, 2.05) is 0 Å². The third kappa shape index (κ3) is 7.88. The molecular weight excluding hydrogens is 118 g/mol. The largest absolute Gasteiger partial charge is 0.217 e. The maximum atomic E-state index is 6.16. The summed E-state index contributed by atoms with van der Waals surface area (Å²) >= 11 is 0. The molecule has 1 N–H and O–H groups in total. The topological polar surface area (TPSA) is 42.3 Å². The summed E-state index contributed by atoms with van der Waals surface area (Å²) in [5, 5.41) is 0. The molecule has 0 amide bonds. The van der Waals surface area contributed by atoms with Gasteiger partial charge in [-0.25, -0.2) is 4.89 Å². The van der Waals surface area contributed by atoms with Gasteiger partial charge in [0, 0.05) is 0 Å². The van der Waals surface area contributed by atoms with Crippen LogP contribution >= 0.6 is 0 Å². The van der Waals surface area contributed by atoms with Crippen molar-refractivity contribution in [2.75, 3.05) is 6.61 Å². The zero-order chi connectivity index (χ0) is 6.95. The first-order valence-corrected chi connectivity index (χ1v) is 3.37. The number of hydrogen-bond acceptors (Lipinski definition) is 2. The summed E-state index contributed by atoms with van der Waals surface area (Å²) in [5.74, 6) is 6.16. The Morgan fingerprint density at radius 2 is 2.00 bits per heavy atom. The molecule has 0 aliphatic heterocycles. The van der Waals surface area contributed by atoms with Crippen molar-refractivity contribution in [1.29, 1.82) is 0 Å². The van der Waals surface area contributed by atoms with Gasteiger partial charge in [0.15, 0.2) is 0 Å². The maximum absolute atomic E-state index is 6.16. The van der Waals surface area contributed by atoms with Gasteiger partial charge >= 0.3 is 0 Å². The SMILES string of the molecule is CCCCCCOO[NH]. The smallest absolute Gasteiger partial charge is 0.0842 e. The molecule has 0 saturated heterocycles. The standard InChI is InChI=1S/C6H14NO2/c1-2-3-4-5-6-8-9-7/h7H,2-6H2,1H3. The van der Waals surface area contributed by atoms with Crippen LogP contribution in [0.4, 0.5) is 0 Å². The van der Waals surface area contributed by atoms with Crippen LogP contribution in [0.5, 0.6) is 0 Å². The first-order valence-electron chi connectivity index (χ1n) is 3.37. The number of rotatable bonds is 6. The quantitative estimate of drug-likeness (QED) is 0.313. The molecule has 0 spiro atoms. The van der Waals surface area contributed by atoms with Crippen molar-refractivity contribution in [2.24, 2.45) is 0 Å². The Morgan fingerprint density at radius 1 is 1.22 bits per heavy atom. The molecule has 0 bridgehead atoms. The lowest BCUT2D eigenvalue weighted by Gasteiger charge is -1.96. The molecule has 0 aromatic carbocycles. The highest BCUT2D eigenvalue weighted by molar-refractivity contribution is 4.36. The number of nitrogens with one attached hydrogen (secondary N) is 1. The fraction of sp³-hybridized carbons (Fsp3) is 1.00. The Balaban J connectivity index is 2.60. The van der Waals surface area contributed by atoms with Crippen LogP contribution in [-0.2, 0) is 9.88 Å². The van der Waals surface area contributed by atoms with E-state index in [9.17, 15) is 0 Å². The average molecular weight is 132 g/mol. The summed E-state index contributed by atoms with van der Waals surface area (Å²) in [5.41, 5.74) is 0. The monoisotopic (exact) mass is 132 g/mol. The van der Waals surface area contributed by atoms with Crippen molar-refractivity contribution in [1.82, 2.24) is 5.90 Å². The van der Waals surface area contributed by atoms with Crippen molar-refractivity contribution in [3.8, 4) is 0 Å². The molecule has 0 aromatic heterocycles. The van der Waals surface area contributed by atoms with Crippen LogP contribution in [-0.4, -0.2) is 6.61 Å². The molecule has 3 heteroatoms. The van der Waals surface area contributed by atoms with Gasteiger partial charge in [-0.15, -0.1) is 4.99 Å². The van der Waals surface area contributed by atoms with Gasteiger partial charge in [0.1, 0.15) is 0 Å². The summed E-state index contributed by atoms with van der Waals surface area (Å²) in [6.45, 7) is 2.70. The average Bonchev–Trinajstić information content (AvgIpc) is 1.89. The molecule has 3 nitrogen and oxygen atoms in total. The molecule has 0 aliphatic carbocycles. The zero-order valence-electron chi connectivity index (χ0n) is 5.85. The lowest BCUT2D eigenvalue weighted by molar-refractivity contribution is -0.308. The molecule has 0 heterocycles. The Kier molecular flexibility index (Phi) is 7.77. The third-order valence-electron chi connectivity index (χ3n) is 1.14. The van der Waals surface area contributed by atoms with Crippen LogP contribution in [0.3, 0.4) is 0 Å². The Morgan fingerprint density at radius 3 is 2.56 bits per heavy atom. The van der Waals surface area contributed by atoms with E-state index >= 15 is 0 Å². The first-order chi connectivity index (χ1) is 4.41. The van der Waals surface area contributed by atoms with Crippen molar-refractivity contribution < 1.29 is 9.88 Å². The highest BCUT2D eigenvalue weighted by Gasteiger charge is 1.86. The van der Waals surface area contributed by atoms with Gasteiger partial charge < -0.3 is 0 Å². The Bertz CT molecular complexity index is 44.3. The minimum absolute atomic E-state index is 0.545. The van der Waals surface area contributed by atoms with Crippen LogP contribution in [0.25, 0.3) is 0 Å². The molecule has 0 aliphatic rings. The van der Waals surface area contributed by atoms with Gasteiger partial charge in [-0.2, -0.15) is 0 Å². The van der Waals surface area contributed by atoms with Crippen LogP contribution in [0.1, 0.15) is 32.6 Å². The van der Waals surface area contributed by atoms with Gasteiger partial charge in [-0.3, -0.25) is 0 Å². The van der Waals surface area contributed by atoms with Gasteiger partial charge in [0.05, 0.1) is 6.61 Å². The van der Waals surface area contributed by atoms with Gasteiger partial charge in [0.25, 0.3) is 0 Å². The predicted molar refractivity (Wildman–Crippen MR) is 34.3 cm³/mol. The molecule has 0 saturated carbocycles. The van der Waals surface area contributed by atoms with Gasteiger partial charge in [-0.1, -0.05) is 32.1 Å². The summed E-state index contributed by atoms with van der Waals surface area (Å²) < 4.78 is 0. The second-order valence-corrected chi connectivity index (χ2v) is 1.97. The zero-order valence-corrected chi connectivity index (χ0v) is 5.85. The second-order valence-electron chi connectivity index (χ2n) is 1.97. The summed E-state index contributed by atoms with van der Waals surface area (Å²) in [6.07, 6.45) is 4.62. The summed E-state index contributed by atoms with van der Waals surface area (Å²) in [4.78, 5) is 8.02. The van der Waals surface area contributed by atoms with Gasteiger partial charge in [-0.05, 0) is 6.42 Å². The minimum atomic E-state index is 0.545. The van der Waals surface area contributed by atoms with Crippen LogP contribution in [0, 0.1) is 0 Å². The number of unbranched alkanes of at least 4 members (excludes halogenated alkanes) is 3. The van der Waals surface area contributed by atoms with Crippen molar-refractivity contribution in [3.63, 3.8) is 0 Å². The second kappa shape index (κ2) is 7.88. The first kappa shape index (κ1) is 8.88. The normalized spacial score (nSPS) is 10.0. The highest BCUT2D eigenvalue weighted by Crippen LogP contribution is 1.98. The van der Waals surface area contributed by atoms with E-state index in [4.69, 9.17) is 5.90 Å². The lowest BCUT2D eigenvalue weighted by Crippen LogP contribution is -1.93. The summed E-state index contributed by atoms with van der Waals surface area (Å²) in [6, 6.07) is 0. The Labute approximate surface area is 56.0 Å². The van der Waals surface area contributed by atoms with Crippen molar-refractivity contribution >= 4 is 0 Å². The van der Waals surface area contributed by atoms with Crippen LogP contribution < -0.4 is 5.90 Å². The molecule has 1 radical (unpaired) electrons. The summed E-state index contributed by atoms with van der Waals surface area (Å²) in [7, 11) is 0. The molecule has 0 fully saturated rings. The van der Waals surface area contributed by atoms with E-state index < -0.39 is 0 Å². The van der Waals surface area contributed by atoms with E-state index in [2.05, 4.69) is 16.8 Å². The molecule has 0 unspecified atom stereocenters. The van der Waals surface area contributed by atoms with E-state index in [-0.39, 0.29) is 0 Å². The molecule has 0 aromatic rings. The molecule has 0 rings (SSSR count). The van der Waals surface area contributed by atoms with Crippen molar-refractivity contribution in [2.45, 2.75) is 32.6 Å². The van der Waals surface area contributed by atoms with Gasteiger partial charge in [0.2, 0.25) is 0 Å². The van der Waals surface area contributed by atoms with E-state index in [0.29, 0.717) is 6.61 Å². The lowest BCUT2D eigenvalue weighted by atomic mass is 10.2. The van der Waals surface area contributed by atoms with Crippen molar-refractivity contribution in [3.05, 3.63) is 0 Å². The molecular formula is C6H14NO2. The molecule has 9 heavy (non-hydrogen) atoms. The molecule has 55 valence electrons. The fourth-order valence-electron chi connectivity index (χ4n) is 0.629. The molecule has 0 atom stereocenters. The maximum Gasteiger partial charge on any atom is 0.0842 e. The van der Waals surface area contributed by atoms with E-state index in [1.54, 1.807) is 0 Å². The highest BCUT2D eigenvalue weighted by atomic mass is 17.3. The fourth-order valence-corrected chi connectivity index (χ4v) is 0.629. The minimum Gasteiger partial charge on any atom is -0.217 e. The Hall–Kier alpha value is -0.120. The van der Waals surface area contributed by atoms with Crippen LogP contribution in [0.15, 0.2) is 0 Å². The van der Waals surface area contributed by atoms with E-state index in [1.165, 1.54) is 19.3 Å². The van der Waals surface area contributed by atoms with Crippen LogP contribution in [0.2, 0.25) is 0 Å². The van der Waals surface area contributed by atoms with E-state index in [0.717, 1.165) is 6.42 Å². The third-order valence-corrected chi connectivity index (χ3v) is 1.14. The number of hydrogen-bond donors (Lipinski definition) is 0. The predicted octanol–water partition coefficient (Wildman–Crippen LogP) is 1.71.